The van der Waals surface area contributed by atoms with Crippen molar-refractivity contribution < 1.29 is 5.11 Å². The van der Waals surface area contributed by atoms with Crippen LogP contribution in [0.15, 0.2) is 42.7 Å². The molecule has 0 aliphatic carbocycles. The van der Waals surface area contributed by atoms with E-state index in [1.807, 2.05) is 30.5 Å². The summed E-state index contributed by atoms with van der Waals surface area (Å²) >= 11 is 6.15. The van der Waals surface area contributed by atoms with E-state index in [1.54, 1.807) is 12.3 Å². The van der Waals surface area contributed by atoms with Gasteiger partial charge in [0.25, 0.3) is 0 Å². The van der Waals surface area contributed by atoms with Crippen molar-refractivity contribution in [2.75, 3.05) is 11.4 Å². The van der Waals surface area contributed by atoms with Gasteiger partial charge in [0, 0.05) is 36.2 Å². The number of nitrogens with zero attached hydrogens (tertiary/aromatic N) is 3. The second kappa shape index (κ2) is 7.63. The Morgan fingerprint density at radius 1 is 1.33 bits per heavy atom. The lowest BCUT2D eigenvalue weighted by atomic mass is 10.1. The van der Waals surface area contributed by atoms with Crippen LogP contribution in [0.2, 0.25) is 5.02 Å². The van der Waals surface area contributed by atoms with Gasteiger partial charge in [-0.05, 0) is 29.3 Å². The summed E-state index contributed by atoms with van der Waals surface area (Å²) in [6, 6.07) is 11.6. The highest BCUT2D eigenvalue weighted by atomic mass is 35.5. The molecule has 0 atom stereocenters. The Labute approximate surface area is 129 Å². The van der Waals surface area contributed by atoms with Gasteiger partial charge in [-0.15, -0.1) is 0 Å². The number of aliphatic hydroxyl groups is 1. The van der Waals surface area contributed by atoms with Crippen LogP contribution >= 0.6 is 11.6 Å². The summed E-state index contributed by atoms with van der Waals surface area (Å²) in [5, 5.41) is 18.5. The average Bonchev–Trinajstić information content (AvgIpc) is 2.52. The highest BCUT2D eigenvalue weighted by Crippen LogP contribution is 2.25. The van der Waals surface area contributed by atoms with Crippen LogP contribution in [0.5, 0.6) is 0 Å². The van der Waals surface area contributed by atoms with Gasteiger partial charge in [-0.2, -0.15) is 5.26 Å². The predicted octanol–water partition coefficient (Wildman–Crippen LogP) is 3.15. The number of benzene rings is 1. The standard InChI is InChI=1S/C16H16ClN3O/c17-16-9-15(5-4-14(16)12-21)20(8-2-6-18)11-13-3-1-7-19-10-13/h1,3-5,7,9-10,21H,2,8,11-12H2. The Morgan fingerprint density at radius 3 is 2.81 bits per heavy atom. The summed E-state index contributed by atoms with van der Waals surface area (Å²) in [6.45, 7) is 1.18. The number of anilines is 1. The van der Waals surface area contributed by atoms with Crippen LogP contribution in [0.3, 0.4) is 0 Å². The third-order valence-electron chi connectivity index (χ3n) is 3.16. The fraction of sp³-hybridized carbons (Fsp3) is 0.250. The van der Waals surface area contributed by atoms with E-state index in [0.717, 1.165) is 11.3 Å². The molecule has 0 aliphatic rings. The van der Waals surface area contributed by atoms with Crippen LogP contribution in [0, 0.1) is 11.3 Å². The Morgan fingerprint density at radius 2 is 2.19 bits per heavy atom. The number of aromatic nitrogens is 1. The summed E-state index contributed by atoms with van der Waals surface area (Å²) in [5.41, 5.74) is 2.69. The van der Waals surface area contributed by atoms with Gasteiger partial charge in [-0.25, -0.2) is 0 Å². The first-order valence-corrected chi connectivity index (χ1v) is 7.02. The fourth-order valence-corrected chi connectivity index (χ4v) is 2.29. The Kier molecular flexibility index (Phi) is 5.56. The first-order chi connectivity index (χ1) is 10.2. The van der Waals surface area contributed by atoms with E-state index in [1.165, 1.54) is 0 Å². The lowest BCUT2D eigenvalue weighted by molar-refractivity contribution is 0.282. The molecule has 0 amide bonds. The highest BCUT2D eigenvalue weighted by molar-refractivity contribution is 6.31. The topological polar surface area (TPSA) is 60.2 Å². The molecule has 0 spiro atoms. The minimum absolute atomic E-state index is 0.0834. The first-order valence-electron chi connectivity index (χ1n) is 6.64. The summed E-state index contributed by atoms with van der Waals surface area (Å²) < 4.78 is 0. The lowest BCUT2D eigenvalue weighted by Gasteiger charge is -2.24. The van der Waals surface area contributed by atoms with Crippen molar-refractivity contribution in [2.45, 2.75) is 19.6 Å². The van der Waals surface area contributed by atoms with Crippen LogP contribution in [-0.4, -0.2) is 16.6 Å². The highest BCUT2D eigenvalue weighted by Gasteiger charge is 2.10. The molecule has 1 N–H and O–H groups in total. The van der Waals surface area contributed by atoms with E-state index in [0.29, 0.717) is 30.1 Å². The molecule has 1 aromatic carbocycles. The Hall–Kier alpha value is -2.09. The smallest absolute Gasteiger partial charge is 0.0696 e. The molecule has 5 heteroatoms. The van der Waals surface area contributed by atoms with Crippen LogP contribution in [0.1, 0.15) is 17.5 Å². The van der Waals surface area contributed by atoms with Crippen molar-refractivity contribution in [3.63, 3.8) is 0 Å². The SMILES string of the molecule is N#CCCN(Cc1cccnc1)c1ccc(CO)c(Cl)c1. The van der Waals surface area contributed by atoms with Gasteiger partial charge >= 0.3 is 0 Å². The maximum atomic E-state index is 9.18. The molecule has 21 heavy (non-hydrogen) atoms. The summed E-state index contributed by atoms with van der Waals surface area (Å²) in [5.74, 6) is 0. The molecule has 0 saturated heterocycles. The van der Waals surface area contributed by atoms with Crippen molar-refractivity contribution >= 4 is 17.3 Å². The Bertz CT molecular complexity index is 625. The molecule has 2 aromatic rings. The van der Waals surface area contributed by atoms with E-state index in [9.17, 15) is 5.11 Å². The minimum atomic E-state index is -0.0834. The third-order valence-corrected chi connectivity index (χ3v) is 3.51. The number of pyridine rings is 1. The number of aliphatic hydroxyl groups excluding tert-OH is 1. The van der Waals surface area contributed by atoms with Crippen LogP contribution in [-0.2, 0) is 13.2 Å². The maximum absolute atomic E-state index is 9.18. The quantitative estimate of drug-likeness (QED) is 0.890. The molecule has 0 fully saturated rings. The normalized spacial score (nSPS) is 10.1. The molecule has 0 bridgehead atoms. The average molecular weight is 302 g/mol. The van der Waals surface area contributed by atoms with Gasteiger partial charge < -0.3 is 10.0 Å². The molecule has 0 unspecified atom stereocenters. The molecule has 1 heterocycles. The van der Waals surface area contributed by atoms with Gasteiger partial charge in [-0.1, -0.05) is 23.7 Å². The van der Waals surface area contributed by atoms with E-state index >= 15 is 0 Å². The van der Waals surface area contributed by atoms with Crippen molar-refractivity contribution in [2.24, 2.45) is 0 Å². The van der Waals surface area contributed by atoms with Crippen molar-refractivity contribution in [3.05, 3.63) is 58.9 Å². The minimum Gasteiger partial charge on any atom is -0.392 e. The number of rotatable bonds is 6. The number of halogens is 1. The fourth-order valence-electron chi connectivity index (χ4n) is 2.06. The molecule has 1 aromatic heterocycles. The number of hydrogen-bond acceptors (Lipinski definition) is 4. The molecule has 0 aliphatic heterocycles. The van der Waals surface area contributed by atoms with E-state index in [4.69, 9.17) is 16.9 Å². The Balaban J connectivity index is 2.23. The summed E-state index contributed by atoms with van der Waals surface area (Å²) in [7, 11) is 0. The van der Waals surface area contributed by atoms with E-state index in [-0.39, 0.29) is 6.61 Å². The first kappa shape index (κ1) is 15.3. The van der Waals surface area contributed by atoms with Gasteiger partial charge in [-0.3, -0.25) is 4.98 Å². The zero-order chi connectivity index (χ0) is 15.1. The van der Waals surface area contributed by atoms with Gasteiger partial charge in [0.2, 0.25) is 0 Å². The van der Waals surface area contributed by atoms with Crippen LogP contribution in [0.4, 0.5) is 5.69 Å². The van der Waals surface area contributed by atoms with Crippen LogP contribution in [0.25, 0.3) is 0 Å². The largest absolute Gasteiger partial charge is 0.392 e. The molecular weight excluding hydrogens is 286 g/mol. The maximum Gasteiger partial charge on any atom is 0.0696 e. The number of hydrogen-bond donors (Lipinski definition) is 1. The summed E-state index contributed by atoms with van der Waals surface area (Å²) in [6.07, 6.45) is 3.97. The second-order valence-electron chi connectivity index (χ2n) is 4.62. The van der Waals surface area contributed by atoms with Crippen molar-refractivity contribution in [3.8, 4) is 6.07 Å². The molecule has 0 radical (unpaired) electrons. The zero-order valence-corrected chi connectivity index (χ0v) is 12.3. The molecular formula is C16H16ClN3O. The van der Waals surface area contributed by atoms with E-state index < -0.39 is 0 Å². The molecule has 108 valence electrons. The van der Waals surface area contributed by atoms with E-state index in [2.05, 4.69) is 16.0 Å². The third kappa shape index (κ3) is 4.19. The van der Waals surface area contributed by atoms with Crippen molar-refractivity contribution in [1.29, 1.82) is 5.26 Å². The van der Waals surface area contributed by atoms with Gasteiger partial charge in [0.05, 0.1) is 19.1 Å². The van der Waals surface area contributed by atoms with Gasteiger partial charge in [0.1, 0.15) is 0 Å². The second-order valence-corrected chi connectivity index (χ2v) is 5.03. The molecule has 0 saturated carbocycles. The summed E-state index contributed by atoms with van der Waals surface area (Å²) in [4.78, 5) is 6.18. The molecule has 4 nitrogen and oxygen atoms in total. The predicted molar refractivity (Wildman–Crippen MR) is 82.9 cm³/mol. The molecule has 2 rings (SSSR count). The van der Waals surface area contributed by atoms with Crippen LogP contribution < -0.4 is 4.90 Å². The van der Waals surface area contributed by atoms with Crippen molar-refractivity contribution in [1.82, 2.24) is 4.98 Å². The monoisotopic (exact) mass is 301 g/mol. The van der Waals surface area contributed by atoms with Gasteiger partial charge in [0.15, 0.2) is 0 Å². The lowest BCUT2D eigenvalue weighted by Crippen LogP contribution is -2.23. The number of nitriles is 1. The zero-order valence-electron chi connectivity index (χ0n) is 11.5.